The maximum Gasteiger partial charge on any atom is 0.253 e. The van der Waals surface area contributed by atoms with Gasteiger partial charge >= 0.3 is 0 Å². The van der Waals surface area contributed by atoms with Gasteiger partial charge in [0.1, 0.15) is 0 Å². The zero-order valence-corrected chi connectivity index (χ0v) is 9.11. The Balaban J connectivity index is 1.96. The number of hydrogen-bond donors (Lipinski definition) is 0. The molecule has 2 atom stereocenters. The van der Waals surface area contributed by atoms with Crippen LogP contribution in [0.5, 0.6) is 0 Å². The van der Waals surface area contributed by atoms with Gasteiger partial charge in [0, 0.05) is 18.7 Å². The lowest BCUT2D eigenvalue weighted by Gasteiger charge is -2.31. The third-order valence-corrected chi connectivity index (χ3v) is 3.61. The van der Waals surface area contributed by atoms with Gasteiger partial charge in [-0.1, -0.05) is 26.2 Å². The number of carbonyl (C=O) groups is 2. The Morgan fingerprint density at radius 2 is 1.80 bits per heavy atom. The second kappa shape index (κ2) is 4.17. The topological polar surface area (TPSA) is 37.4 Å². The lowest BCUT2D eigenvalue weighted by Crippen LogP contribution is -2.37. The van der Waals surface area contributed by atoms with E-state index in [-0.39, 0.29) is 11.8 Å². The fourth-order valence-electron chi connectivity index (χ4n) is 2.51. The van der Waals surface area contributed by atoms with Gasteiger partial charge in [0.25, 0.3) is 11.8 Å². The maximum atomic E-state index is 11.4. The van der Waals surface area contributed by atoms with Crippen LogP contribution < -0.4 is 0 Å². The molecule has 15 heavy (non-hydrogen) atoms. The van der Waals surface area contributed by atoms with Crippen LogP contribution >= 0.6 is 0 Å². The number of imide groups is 1. The largest absolute Gasteiger partial charge is 0.275 e. The number of rotatable bonds is 2. The van der Waals surface area contributed by atoms with E-state index in [0.717, 1.165) is 6.42 Å². The quantitative estimate of drug-likeness (QED) is 0.647. The number of amides is 2. The first-order chi connectivity index (χ1) is 7.18. The molecule has 1 aliphatic heterocycles. The lowest BCUT2D eigenvalue weighted by molar-refractivity contribution is -0.137. The van der Waals surface area contributed by atoms with Crippen molar-refractivity contribution in [2.24, 2.45) is 11.8 Å². The van der Waals surface area contributed by atoms with Gasteiger partial charge in [-0.3, -0.25) is 14.5 Å². The first-order valence-electron chi connectivity index (χ1n) is 5.72. The molecule has 2 amide bonds. The molecule has 1 saturated carbocycles. The second-order valence-electron chi connectivity index (χ2n) is 4.64. The number of hydrogen-bond acceptors (Lipinski definition) is 2. The summed E-state index contributed by atoms with van der Waals surface area (Å²) in [6, 6.07) is 0. The predicted octanol–water partition coefficient (Wildman–Crippen LogP) is 1.74. The van der Waals surface area contributed by atoms with E-state index in [1.165, 1.54) is 36.3 Å². The summed E-state index contributed by atoms with van der Waals surface area (Å²) in [6.07, 6.45) is 7.65. The highest BCUT2D eigenvalue weighted by atomic mass is 16.2. The second-order valence-corrected chi connectivity index (χ2v) is 4.64. The molecule has 3 heteroatoms. The molecule has 0 N–H and O–H groups in total. The monoisotopic (exact) mass is 207 g/mol. The zero-order chi connectivity index (χ0) is 10.8. The van der Waals surface area contributed by atoms with Gasteiger partial charge in [0.15, 0.2) is 0 Å². The first kappa shape index (κ1) is 10.4. The van der Waals surface area contributed by atoms with Gasteiger partial charge < -0.3 is 0 Å². The van der Waals surface area contributed by atoms with Crippen molar-refractivity contribution in [1.82, 2.24) is 4.90 Å². The van der Waals surface area contributed by atoms with E-state index in [1.807, 2.05) is 0 Å². The van der Waals surface area contributed by atoms with Crippen LogP contribution in [0, 0.1) is 11.8 Å². The molecule has 0 radical (unpaired) electrons. The summed E-state index contributed by atoms with van der Waals surface area (Å²) in [6.45, 7) is 2.84. The Kier molecular flexibility index (Phi) is 2.89. The smallest absolute Gasteiger partial charge is 0.253 e. The van der Waals surface area contributed by atoms with Crippen molar-refractivity contribution in [2.75, 3.05) is 6.54 Å². The van der Waals surface area contributed by atoms with Gasteiger partial charge in [0.05, 0.1) is 0 Å². The SMILES string of the molecule is CC1CCCCC1CN1C(=O)C=CC1=O. The number of carbonyl (C=O) groups excluding carboxylic acids is 2. The van der Waals surface area contributed by atoms with Crippen molar-refractivity contribution < 1.29 is 9.59 Å². The van der Waals surface area contributed by atoms with Crippen LogP contribution in [0.4, 0.5) is 0 Å². The molecular weight excluding hydrogens is 190 g/mol. The average Bonchev–Trinajstić information content (AvgIpc) is 2.53. The minimum Gasteiger partial charge on any atom is -0.275 e. The van der Waals surface area contributed by atoms with Gasteiger partial charge in [-0.25, -0.2) is 0 Å². The van der Waals surface area contributed by atoms with Gasteiger partial charge in [-0.05, 0) is 18.3 Å². The Labute approximate surface area is 90.1 Å². The van der Waals surface area contributed by atoms with E-state index in [2.05, 4.69) is 6.92 Å². The van der Waals surface area contributed by atoms with Crippen molar-refractivity contribution in [3.05, 3.63) is 12.2 Å². The van der Waals surface area contributed by atoms with E-state index in [9.17, 15) is 9.59 Å². The summed E-state index contributed by atoms with van der Waals surface area (Å²) in [7, 11) is 0. The normalized spacial score (nSPS) is 31.4. The summed E-state index contributed by atoms with van der Waals surface area (Å²) in [4.78, 5) is 24.1. The molecule has 0 bridgehead atoms. The summed E-state index contributed by atoms with van der Waals surface area (Å²) in [5, 5.41) is 0. The Bertz CT molecular complexity index is 291. The average molecular weight is 207 g/mol. The minimum atomic E-state index is -0.141. The molecule has 2 aliphatic rings. The van der Waals surface area contributed by atoms with Crippen molar-refractivity contribution in [3.8, 4) is 0 Å². The van der Waals surface area contributed by atoms with Crippen LogP contribution in [0.1, 0.15) is 32.6 Å². The highest BCUT2D eigenvalue weighted by Crippen LogP contribution is 2.30. The molecule has 0 aromatic rings. The molecule has 82 valence electrons. The fourth-order valence-corrected chi connectivity index (χ4v) is 2.51. The van der Waals surface area contributed by atoms with Crippen LogP contribution in [0.2, 0.25) is 0 Å². The third kappa shape index (κ3) is 2.11. The molecule has 0 aromatic carbocycles. The Morgan fingerprint density at radius 3 is 2.40 bits per heavy atom. The first-order valence-corrected chi connectivity index (χ1v) is 5.72. The van der Waals surface area contributed by atoms with E-state index >= 15 is 0 Å². The van der Waals surface area contributed by atoms with Crippen LogP contribution in [-0.4, -0.2) is 23.3 Å². The molecule has 0 aromatic heterocycles. The standard InChI is InChI=1S/C12H17NO2/c1-9-4-2-3-5-10(9)8-13-11(14)6-7-12(13)15/h6-7,9-10H,2-5,8H2,1H3. The van der Waals surface area contributed by atoms with Crippen LogP contribution in [0.15, 0.2) is 12.2 Å². The molecule has 2 unspecified atom stereocenters. The van der Waals surface area contributed by atoms with E-state index in [1.54, 1.807) is 0 Å². The maximum absolute atomic E-state index is 11.4. The van der Waals surface area contributed by atoms with Crippen molar-refractivity contribution >= 4 is 11.8 Å². The molecule has 2 rings (SSSR count). The summed E-state index contributed by atoms with van der Waals surface area (Å²) >= 11 is 0. The highest BCUT2D eigenvalue weighted by Gasteiger charge is 2.29. The van der Waals surface area contributed by atoms with Gasteiger partial charge in [0.2, 0.25) is 0 Å². The van der Waals surface area contributed by atoms with Crippen LogP contribution in [-0.2, 0) is 9.59 Å². The zero-order valence-electron chi connectivity index (χ0n) is 9.11. The fraction of sp³-hybridized carbons (Fsp3) is 0.667. The summed E-state index contributed by atoms with van der Waals surface area (Å²) < 4.78 is 0. The summed E-state index contributed by atoms with van der Waals surface area (Å²) in [5.41, 5.74) is 0. The van der Waals surface area contributed by atoms with E-state index in [4.69, 9.17) is 0 Å². The lowest BCUT2D eigenvalue weighted by atomic mass is 9.80. The molecular formula is C12H17NO2. The van der Waals surface area contributed by atoms with Crippen LogP contribution in [0.3, 0.4) is 0 Å². The minimum absolute atomic E-state index is 0.141. The molecule has 3 nitrogen and oxygen atoms in total. The van der Waals surface area contributed by atoms with Gasteiger partial charge in [-0.2, -0.15) is 0 Å². The molecule has 1 aliphatic carbocycles. The van der Waals surface area contributed by atoms with Crippen molar-refractivity contribution in [1.29, 1.82) is 0 Å². The van der Waals surface area contributed by atoms with Crippen molar-refractivity contribution in [2.45, 2.75) is 32.6 Å². The molecule has 0 saturated heterocycles. The Hall–Kier alpha value is -1.12. The third-order valence-electron chi connectivity index (χ3n) is 3.61. The number of nitrogens with zero attached hydrogens (tertiary/aromatic N) is 1. The van der Waals surface area contributed by atoms with Crippen LogP contribution in [0.25, 0.3) is 0 Å². The Morgan fingerprint density at radius 1 is 1.20 bits per heavy atom. The van der Waals surface area contributed by atoms with E-state index in [0.29, 0.717) is 18.4 Å². The summed E-state index contributed by atoms with van der Waals surface area (Å²) in [5.74, 6) is 0.863. The highest BCUT2D eigenvalue weighted by molar-refractivity contribution is 6.12. The van der Waals surface area contributed by atoms with Gasteiger partial charge in [-0.15, -0.1) is 0 Å². The molecule has 1 fully saturated rings. The van der Waals surface area contributed by atoms with Crippen molar-refractivity contribution in [3.63, 3.8) is 0 Å². The van der Waals surface area contributed by atoms with E-state index < -0.39 is 0 Å². The predicted molar refractivity (Wildman–Crippen MR) is 57.0 cm³/mol. The molecule has 0 spiro atoms. The molecule has 1 heterocycles.